The zero-order valence-electron chi connectivity index (χ0n) is 17.7. The number of hydrogen-bond donors (Lipinski definition) is 1. The molecule has 0 saturated carbocycles. The molecule has 1 amide bonds. The van der Waals surface area contributed by atoms with Gasteiger partial charge in [0.15, 0.2) is 6.61 Å². The molecule has 1 N–H and O–H groups in total. The summed E-state index contributed by atoms with van der Waals surface area (Å²) in [5, 5.41) is 5.18. The third-order valence-corrected chi connectivity index (χ3v) is 8.52. The average Bonchev–Trinajstić information content (AvgIpc) is 3.51. The summed E-state index contributed by atoms with van der Waals surface area (Å²) in [4.78, 5) is 14.3. The van der Waals surface area contributed by atoms with Crippen LogP contribution in [-0.2, 0) is 14.8 Å². The predicted molar refractivity (Wildman–Crippen MR) is 127 cm³/mol. The second kappa shape index (κ2) is 9.62. The van der Waals surface area contributed by atoms with E-state index in [0.717, 1.165) is 12.1 Å². The Kier molecular flexibility index (Phi) is 6.66. The highest BCUT2D eigenvalue weighted by atomic mass is 32.2. The first-order chi connectivity index (χ1) is 15.4. The normalized spacial score (nSPS) is 16.0. The van der Waals surface area contributed by atoms with Crippen molar-refractivity contribution in [2.24, 2.45) is 0 Å². The number of carbonyl (C=O) groups excluding carboxylic acids is 1. The number of sulfonamides is 1. The summed E-state index contributed by atoms with van der Waals surface area (Å²) < 4.78 is 32.4. The Balaban J connectivity index is 1.28. The van der Waals surface area contributed by atoms with E-state index >= 15 is 0 Å². The van der Waals surface area contributed by atoms with E-state index < -0.39 is 10.0 Å². The Bertz CT molecular complexity index is 1130. The molecule has 0 radical (unpaired) electrons. The molecule has 7 nitrogen and oxygen atoms in total. The van der Waals surface area contributed by atoms with Crippen molar-refractivity contribution in [1.29, 1.82) is 0 Å². The van der Waals surface area contributed by atoms with Gasteiger partial charge >= 0.3 is 0 Å². The fraction of sp³-hybridized carbons (Fsp3) is 0.261. The van der Waals surface area contributed by atoms with Gasteiger partial charge in [0, 0.05) is 31.9 Å². The van der Waals surface area contributed by atoms with Crippen molar-refractivity contribution >= 4 is 38.6 Å². The first-order valence-electron chi connectivity index (χ1n) is 10.3. The lowest BCUT2D eigenvalue weighted by Gasteiger charge is -2.19. The lowest BCUT2D eigenvalue weighted by molar-refractivity contribution is -0.132. The zero-order chi connectivity index (χ0) is 22.6. The molecule has 1 atom stereocenters. The largest absolute Gasteiger partial charge is 0.484 e. The van der Waals surface area contributed by atoms with Gasteiger partial charge in [0.2, 0.25) is 0 Å². The minimum absolute atomic E-state index is 0.0548. The number of benzene rings is 2. The van der Waals surface area contributed by atoms with Gasteiger partial charge in [-0.25, -0.2) is 8.42 Å². The first kappa shape index (κ1) is 22.2. The van der Waals surface area contributed by atoms with Crippen molar-refractivity contribution in [1.82, 2.24) is 4.90 Å². The number of anilines is 2. The summed E-state index contributed by atoms with van der Waals surface area (Å²) >= 11 is 1.18. The number of amides is 1. The summed E-state index contributed by atoms with van der Waals surface area (Å²) in [6.45, 7) is 1.28. The zero-order valence-corrected chi connectivity index (χ0v) is 19.3. The molecular formula is C23H25N3O4S2. The van der Waals surface area contributed by atoms with E-state index in [4.69, 9.17) is 4.74 Å². The van der Waals surface area contributed by atoms with Crippen LogP contribution in [0.5, 0.6) is 5.75 Å². The molecule has 2 aromatic carbocycles. The Morgan fingerprint density at radius 1 is 1.12 bits per heavy atom. The quantitative estimate of drug-likeness (QED) is 0.542. The molecule has 0 bridgehead atoms. The highest BCUT2D eigenvalue weighted by Gasteiger charge is 2.26. The van der Waals surface area contributed by atoms with E-state index in [2.05, 4.69) is 5.32 Å². The molecule has 32 heavy (non-hydrogen) atoms. The number of nitrogens with one attached hydrogen (secondary N) is 1. The summed E-state index contributed by atoms with van der Waals surface area (Å²) in [6.07, 6.45) is 0.889. The van der Waals surface area contributed by atoms with Crippen LogP contribution in [0, 0.1) is 0 Å². The lowest BCUT2D eigenvalue weighted by Crippen LogP contribution is -2.35. The maximum absolute atomic E-state index is 12.6. The summed E-state index contributed by atoms with van der Waals surface area (Å²) in [5.41, 5.74) is 1.57. The fourth-order valence-corrected chi connectivity index (χ4v) is 5.90. The average molecular weight is 472 g/mol. The topological polar surface area (TPSA) is 79.0 Å². The molecule has 9 heteroatoms. The van der Waals surface area contributed by atoms with Crippen LogP contribution in [0.15, 0.2) is 76.3 Å². The Labute approximate surface area is 192 Å². The number of carbonyl (C=O) groups is 1. The lowest BCUT2D eigenvalue weighted by atomic mass is 10.2. The van der Waals surface area contributed by atoms with E-state index in [1.165, 1.54) is 22.7 Å². The minimum Gasteiger partial charge on any atom is -0.484 e. The van der Waals surface area contributed by atoms with E-state index in [1.807, 2.05) is 30.3 Å². The second-order valence-corrected chi connectivity index (χ2v) is 10.7. The Morgan fingerprint density at radius 2 is 1.88 bits per heavy atom. The molecule has 168 valence electrons. The number of thiophene rings is 1. The van der Waals surface area contributed by atoms with E-state index in [1.54, 1.807) is 46.7 Å². The smallest absolute Gasteiger partial charge is 0.273 e. The van der Waals surface area contributed by atoms with Crippen molar-refractivity contribution in [3.8, 4) is 5.75 Å². The van der Waals surface area contributed by atoms with Gasteiger partial charge in [-0.15, -0.1) is 11.3 Å². The minimum atomic E-state index is -3.58. The molecule has 0 spiro atoms. The molecule has 1 aromatic heterocycles. The predicted octanol–water partition coefficient (Wildman–Crippen LogP) is 3.67. The molecule has 1 aliphatic rings. The van der Waals surface area contributed by atoms with Gasteiger partial charge in [-0.2, -0.15) is 0 Å². The summed E-state index contributed by atoms with van der Waals surface area (Å²) in [6, 6.07) is 20.2. The molecule has 4 rings (SSSR count). The van der Waals surface area contributed by atoms with Gasteiger partial charge in [0.05, 0.1) is 5.69 Å². The number of rotatable bonds is 8. The van der Waals surface area contributed by atoms with Crippen LogP contribution < -0.4 is 14.4 Å². The van der Waals surface area contributed by atoms with Crippen molar-refractivity contribution in [2.75, 3.05) is 36.4 Å². The van der Waals surface area contributed by atoms with Gasteiger partial charge in [0.25, 0.3) is 15.9 Å². The maximum Gasteiger partial charge on any atom is 0.273 e. The number of likely N-dealkylation sites (tertiary alicyclic amines) is 1. The third kappa shape index (κ3) is 5.05. The highest BCUT2D eigenvalue weighted by Crippen LogP contribution is 2.26. The highest BCUT2D eigenvalue weighted by molar-refractivity contribution is 7.94. The van der Waals surface area contributed by atoms with Crippen molar-refractivity contribution in [3.05, 3.63) is 72.1 Å². The number of para-hydroxylation sites is 1. The van der Waals surface area contributed by atoms with Gasteiger partial charge in [-0.1, -0.05) is 24.3 Å². The van der Waals surface area contributed by atoms with Crippen molar-refractivity contribution in [3.63, 3.8) is 0 Å². The molecule has 2 heterocycles. The molecule has 1 saturated heterocycles. The van der Waals surface area contributed by atoms with Crippen LogP contribution in [0.2, 0.25) is 0 Å². The number of hydrogen-bond acceptors (Lipinski definition) is 6. The standard InChI is InChI=1S/C23H25N3O4S2/c1-25(32(28,29)23-8-5-15-31-23)20-9-11-21(12-10-20)30-17-22(27)26-14-13-19(16-26)24-18-6-3-2-4-7-18/h2-12,15,19,24H,13-14,16-17H2,1H3. The van der Waals surface area contributed by atoms with Gasteiger partial charge in [-0.05, 0) is 54.3 Å². The Morgan fingerprint density at radius 3 is 2.56 bits per heavy atom. The summed E-state index contributed by atoms with van der Waals surface area (Å²) in [7, 11) is -2.07. The number of ether oxygens (including phenoxy) is 1. The van der Waals surface area contributed by atoms with E-state index in [-0.39, 0.29) is 22.8 Å². The van der Waals surface area contributed by atoms with Crippen molar-refractivity contribution < 1.29 is 17.9 Å². The summed E-state index contributed by atoms with van der Waals surface area (Å²) in [5.74, 6) is 0.450. The van der Waals surface area contributed by atoms with Gasteiger partial charge in [0.1, 0.15) is 9.96 Å². The molecule has 1 aliphatic heterocycles. The molecule has 1 unspecified atom stereocenters. The molecule has 3 aromatic rings. The second-order valence-electron chi connectivity index (χ2n) is 7.52. The SMILES string of the molecule is CN(c1ccc(OCC(=O)N2CCC(Nc3ccccc3)C2)cc1)S(=O)(=O)c1cccs1. The Hall–Kier alpha value is -3.04. The molecular weight excluding hydrogens is 446 g/mol. The van der Waals surface area contributed by atoms with E-state index in [0.29, 0.717) is 24.5 Å². The van der Waals surface area contributed by atoms with Crippen LogP contribution in [-0.4, -0.2) is 52.0 Å². The van der Waals surface area contributed by atoms with Crippen LogP contribution >= 0.6 is 11.3 Å². The third-order valence-electron chi connectivity index (χ3n) is 5.36. The van der Waals surface area contributed by atoms with Crippen molar-refractivity contribution in [2.45, 2.75) is 16.7 Å². The van der Waals surface area contributed by atoms with Crippen LogP contribution in [0.3, 0.4) is 0 Å². The van der Waals surface area contributed by atoms with Crippen LogP contribution in [0.4, 0.5) is 11.4 Å². The van der Waals surface area contributed by atoms with E-state index in [9.17, 15) is 13.2 Å². The number of nitrogens with zero attached hydrogens (tertiary/aromatic N) is 2. The van der Waals surface area contributed by atoms with Gasteiger partial charge in [-0.3, -0.25) is 9.10 Å². The van der Waals surface area contributed by atoms with Gasteiger partial charge < -0.3 is 15.0 Å². The van der Waals surface area contributed by atoms with Crippen LogP contribution in [0.25, 0.3) is 0 Å². The van der Waals surface area contributed by atoms with Crippen LogP contribution in [0.1, 0.15) is 6.42 Å². The molecule has 0 aliphatic carbocycles. The fourth-order valence-electron chi connectivity index (χ4n) is 3.55. The first-order valence-corrected chi connectivity index (χ1v) is 12.6. The monoisotopic (exact) mass is 471 g/mol. The maximum atomic E-state index is 12.6. The molecule has 1 fully saturated rings.